The Kier molecular flexibility index (Phi) is 11.0. The first kappa shape index (κ1) is 27.6. The summed E-state index contributed by atoms with van der Waals surface area (Å²) in [4.78, 5) is 24.2. The number of hydrogen-bond acceptors (Lipinski definition) is 4. The van der Waals surface area contributed by atoms with Crippen molar-refractivity contribution < 1.29 is 9.59 Å². The van der Waals surface area contributed by atoms with Gasteiger partial charge in [0.2, 0.25) is 11.8 Å². The Morgan fingerprint density at radius 1 is 0.679 bits per heavy atom. The molecule has 0 aliphatic carbocycles. The van der Waals surface area contributed by atoms with E-state index in [1.165, 1.54) is 0 Å². The molecule has 0 aromatic heterocycles. The van der Waals surface area contributed by atoms with E-state index in [4.69, 9.17) is 0 Å². The molecule has 0 radical (unpaired) electrons. The summed E-state index contributed by atoms with van der Waals surface area (Å²) in [5, 5.41) is 6.20. The number of carbonyl (C=O) groups is 2. The minimum atomic E-state index is -0.217. The molecule has 2 N–H and O–H groups in total. The highest BCUT2D eigenvalue weighted by Crippen LogP contribution is 2.32. The van der Waals surface area contributed by atoms with Crippen molar-refractivity contribution >= 4 is 35.3 Å². The van der Waals surface area contributed by atoms with Crippen LogP contribution in [0.25, 0.3) is 0 Å². The normalized spacial score (nSPS) is 13.4. The van der Waals surface area contributed by atoms with Crippen LogP contribution in [0.4, 0.5) is 0 Å². The first-order valence-corrected chi connectivity index (χ1v) is 12.3. The Labute approximate surface area is 182 Å². The molecule has 0 saturated heterocycles. The topological polar surface area (TPSA) is 58.2 Å². The van der Waals surface area contributed by atoms with Gasteiger partial charge in [0, 0.05) is 44.9 Å². The van der Waals surface area contributed by atoms with E-state index < -0.39 is 0 Å². The average molecular weight is 433 g/mol. The number of hydrogen-bond donors (Lipinski definition) is 2. The molecule has 2 amide bonds. The fourth-order valence-corrected chi connectivity index (χ4v) is 4.53. The highest BCUT2D eigenvalue weighted by molar-refractivity contribution is 8.00. The zero-order valence-electron chi connectivity index (χ0n) is 19.9. The SMILES string of the molecule is CC(C)(C)NC(=O)CCSC(C)(C)CCC(C)(C)NC(=O)CCSC(C)(C)C. The van der Waals surface area contributed by atoms with Gasteiger partial charge in [-0.1, -0.05) is 34.6 Å². The Balaban J connectivity index is 4.25. The zero-order valence-corrected chi connectivity index (χ0v) is 21.5. The monoisotopic (exact) mass is 432 g/mol. The molecular formula is C22H44N2O2S2. The lowest BCUT2D eigenvalue weighted by molar-refractivity contribution is -0.123. The van der Waals surface area contributed by atoms with Gasteiger partial charge in [0.05, 0.1) is 0 Å². The van der Waals surface area contributed by atoms with Crippen LogP contribution < -0.4 is 10.6 Å². The summed E-state index contributed by atoms with van der Waals surface area (Å²) >= 11 is 3.66. The van der Waals surface area contributed by atoms with Crippen molar-refractivity contribution in [3.63, 3.8) is 0 Å². The molecule has 0 saturated carbocycles. The molecule has 6 heteroatoms. The van der Waals surface area contributed by atoms with Crippen LogP contribution in [0.1, 0.15) is 94.9 Å². The maximum atomic E-state index is 12.3. The molecule has 0 spiro atoms. The molecule has 0 bridgehead atoms. The Morgan fingerprint density at radius 3 is 1.61 bits per heavy atom. The summed E-state index contributed by atoms with van der Waals surface area (Å²) in [6.07, 6.45) is 3.01. The first-order chi connectivity index (χ1) is 12.4. The van der Waals surface area contributed by atoms with Gasteiger partial charge in [0.1, 0.15) is 0 Å². The van der Waals surface area contributed by atoms with Gasteiger partial charge >= 0.3 is 0 Å². The van der Waals surface area contributed by atoms with Gasteiger partial charge in [0.15, 0.2) is 0 Å². The van der Waals surface area contributed by atoms with Crippen molar-refractivity contribution in [1.29, 1.82) is 0 Å². The predicted octanol–water partition coefficient (Wildman–Crippen LogP) is 5.40. The van der Waals surface area contributed by atoms with E-state index in [1.807, 2.05) is 44.3 Å². The number of rotatable bonds is 11. The van der Waals surface area contributed by atoms with Gasteiger partial charge < -0.3 is 10.6 Å². The smallest absolute Gasteiger partial charge is 0.221 e. The quantitative estimate of drug-likeness (QED) is 0.459. The van der Waals surface area contributed by atoms with Crippen LogP contribution in [0.15, 0.2) is 0 Å². The highest BCUT2D eigenvalue weighted by Gasteiger charge is 2.26. The van der Waals surface area contributed by atoms with Gasteiger partial charge in [-0.3, -0.25) is 9.59 Å². The van der Waals surface area contributed by atoms with Crippen LogP contribution in [-0.4, -0.2) is 43.9 Å². The van der Waals surface area contributed by atoms with Crippen molar-refractivity contribution in [2.24, 2.45) is 0 Å². The summed E-state index contributed by atoms with van der Waals surface area (Å²) in [5.74, 6) is 1.90. The minimum absolute atomic E-state index is 0.0755. The van der Waals surface area contributed by atoms with Crippen molar-refractivity contribution in [3.8, 4) is 0 Å². The molecule has 0 aromatic rings. The molecular weight excluding hydrogens is 388 g/mol. The maximum absolute atomic E-state index is 12.3. The molecule has 0 aromatic carbocycles. The molecule has 0 unspecified atom stereocenters. The predicted molar refractivity (Wildman–Crippen MR) is 127 cm³/mol. The van der Waals surface area contributed by atoms with E-state index in [1.54, 1.807) is 0 Å². The summed E-state index contributed by atoms with van der Waals surface area (Å²) in [7, 11) is 0. The van der Waals surface area contributed by atoms with Crippen LogP contribution in [0.5, 0.6) is 0 Å². The Bertz CT molecular complexity index is 504. The largest absolute Gasteiger partial charge is 0.351 e. The van der Waals surface area contributed by atoms with E-state index in [9.17, 15) is 9.59 Å². The minimum Gasteiger partial charge on any atom is -0.351 e. The molecule has 0 aliphatic rings. The van der Waals surface area contributed by atoms with Gasteiger partial charge in [-0.2, -0.15) is 23.5 Å². The Hall–Kier alpha value is -0.360. The van der Waals surface area contributed by atoms with E-state index in [-0.39, 0.29) is 32.4 Å². The van der Waals surface area contributed by atoms with Crippen LogP contribution in [0, 0.1) is 0 Å². The van der Waals surface area contributed by atoms with Crippen LogP contribution in [-0.2, 0) is 9.59 Å². The molecule has 166 valence electrons. The maximum Gasteiger partial charge on any atom is 0.221 e. The lowest BCUT2D eigenvalue weighted by Crippen LogP contribution is -2.44. The summed E-state index contributed by atoms with van der Waals surface area (Å²) < 4.78 is 0.271. The third-order valence-corrected chi connectivity index (χ3v) is 6.70. The van der Waals surface area contributed by atoms with Gasteiger partial charge in [-0.15, -0.1) is 0 Å². The fourth-order valence-electron chi connectivity index (χ4n) is 2.54. The molecule has 4 nitrogen and oxygen atoms in total. The van der Waals surface area contributed by atoms with E-state index in [0.29, 0.717) is 12.8 Å². The van der Waals surface area contributed by atoms with Crippen LogP contribution in [0.2, 0.25) is 0 Å². The summed E-state index contributed by atoms with van der Waals surface area (Å²) in [6, 6.07) is 0. The average Bonchev–Trinajstić information content (AvgIpc) is 2.41. The van der Waals surface area contributed by atoms with E-state index >= 15 is 0 Å². The molecule has 0 aliphatic heterocycles. The van der Waals surface area contributed by atoms with Gasteiger partial charge in [-0.05, 0) is 47.5 Å². The molecule has 0 atom stereocenters. The third-order valence-electron chi connectivity index (χ3n) is 4.03. The lowest BCUT2D eigenvalue weighted by Gasteiger charge is -2.32. The highest BCUT2D eigenvalue weighted by atomic mass is 32.2. The first-order valence-electron chi connectivity index (χ1n) is 10.3. The molecule has 0 heterocycles. The fraction of sp³-hybridized carbons (Fsp3) is 0.909. The standard InChI is InChI=1S/C22H44N2O2S2/c1-19(2,3)23-17(25)12-16-28-22(9,10)14-13-21(7,8)24-18(26)11-15-27-20(4,5)6/h11-16H2,1-10H3,(H,23,25)(H,24,26). The second-order valence-electron chi connectivity index (χ2n) is 10.8. The molecule has 0 rings (SSSR count). The van der Waals surface area contributed by atoms with E-state index in [2.05, 4.69) is 59.1 Å². The number of nitrogens with one attached hydrogen (secondary N) is 2. The van der Waals surface area contributed by atoms with Crippen molar-refractivity contribution in [1.82, 2.24) is 10.6 Å². The van der Waals surface area contributed by atoms with Crippen molar-refractivity contribution in [2.75, 3.05) is 11.5 Å². The van der Waals surface area contributed by atoms with Gasteiger partial charge in [-0.25, -0.2) is 0 Å². The Morgan fingerprint density at radius 2 is 1.14 bits per heavy atom. The summed E-state index contributed by atoms with van der Waals surface area (Å²) in [5.41, 5.74) is -0.393. The van der Waals surface area contributed by atoms with E-state index in [0.717, 1.165) is 24.3 Å². The van der Waals surface area contributed by atoms with Crippen molar-refractivity contribution in [3.05, 3.63) is 0 Å². The van der Waals surface area contributed by atoms with Crippen molar-refractivity contribution in [2.45, 2.75) is 115 Å². The third kappa shape index (κ3) is 16.6. The zero-order chi connectivity index (χ0) is 22.2. The second-order valence-corrected chi connectivity index (χ2v) is 14.5. The number of carbonyl (C=O) groups excluding carboxylic acids is 2. The lowest BCUT2D eigenvalue weighted by atomic mass is 9.93. The van der Waals surface area contributed by atoms with Crippen LogP contribution in [0.3, 0.4) is 0 Å². The summed E-state index contributed by atoms with van der Waals surface area (Å²) in [6.45, 7) is 21.2. The van der Waals surface area contributed by atoms with Gasteiger partial charge in [0.25, 0.3) is 0 Å². The molecule has 28 heavy (non-hydrogen) atoms. The molecule has 0 fully saturated rings. The second kappa shape index (κ2) is 11.1. The number of thioether (sulfide) groups is 2. The number of amides is 2. The van der Waals surface area contributed by atoms with Crippen LogP contribution >= 0.6 is 23.5 Å².